The van der Waals surface area contributed by atoms with Gasteiger partial charge in [0.2, 0.25) is 5.91 Å². The molecule has 2 aliphatic heterocycles. The number of anilines is 1. The van der Waals surface area contributed by atoms with Gasteiger partial charge in [0.05, 0.1) is 5.69 Å². The third kappa shape index (κ3) is 3.38. The highest BCUT2D eigenvalue weighted by Crippen LogP contribution is 2.35. The second-order valence-corrected chi connectivity index (χ2v) is 6.97. The van der Waals surface area contributed by atoms with Gasteiger partial charge in [-0.2, -0.15) is 0 Å². The minimum absolute atomic E-state index is 0.0543. The fourth-order valence-corrected chi connectivity index (χ4v) is 3.42. The highest BCUT2D eigenvalue weighted by Gasteiger charge is 2.36. The molecular weight excluding hydrogens is 320 g/mol. The monoisotopic (exact) mass is 344 g/mol. The van der Waals surface area contributed by atoms with Gasteiger partial charge in [0, 0.05) is 18.7 Å². The average Bonchev–Trinajstić information content (AvgIpc) is 2.60. The number of nitrogens with zero attached hydrogens (tertiary/aromatic N) is 2. The molecule has 1 fully saturated rings. The number of piperidine rings is 1. The van der Waals surface area contributed by atoms with Gasteiger partial charge in [0.1, 0.15) is 11.8 Å². The first-order chi connectivity index (χ1) is 11.9. The third-order valence-electron chi connectivity index (χ3n) is 5.08. The SMILES string of the molecule is CC(=O)c1ccc2c(c1)N(C(C)C(=O)N1CCC(C)CC1)C(=O)CO2. The number of ketones is 1. The smallest absolute Gasteiger partial charge is 0.265 e. The quantitative estimate of drug-likeness (QED) is 0.789. The number of rotatable bonds is 3. The number of likely N-dealkylation sites (tertiary alicyclic amines) is 1. The molecule has 134 valence electrons. The number of Topliss-reactive ketones (excluding diaryl/α,β-unsaturated/α-hetero) is 1. The molecule has 1 atom stereocenters. The van der Waals surface area contributed by atoms with Crippen molar-refractivity contribution in [3.05, 3.63) is 23.8 Å². The Labute approximate surface area is 147 Å². The summed E-state index contributed by atoms with van der Waals surface area (Å²) in [5.41, 5.74) is 0.990. The van der Waals surface area contributed by atoms with Gasteiger partial charge in [0.15, 0.2) is 12.4 Å². The number of fused-ring (bicyclic) bond motifs is 1. The Morgan fingerprint density at radius 2 is 1.92 bits per heavy atom. The Morgan fingerprint density at radius 1 is 1.24 bits per heavy atom. The second kappa shape index (κ2) is 6.86. The van der Waals surface area contributed by atoms with Crippen molar-refractivity contribution >= 4 is 23.3 Å². The van der Waals surface area contributed by atoms with Gasteiger partial charge in [-0.05, 0) is 50.8 Å². The maximum atomic E-state index is 12.9. The molecule has 0 aliphatic carbocycles. The van der Waals surface area contributed by atoms with E-state index in [-0.39, 0.29) is 24.2 Å². The van der Waals surface area contributed by atoms with E-state index in [0.29, 0.717) is 22.9 Å². The van der Waals surface area contributed by atoms with Crippen LogP contribution in [0.25, 0.3) is 0 Å². The lowest BCUT2D eigenvalue weighted by atomic mass is 9.98. The van der Waals surface area contributed by atoms with Crippen LogP contribution in [0.3, 0.4) is 0 Å². The lowest BCUT2D eigenvalue weighted by molar-refractivity contribution is -0.135. The maximum Gasteiger partial charge on any atom is 0.265 e. The van der Waals surface area contributed by atoms with E-state index < -0.39 is 6.04 Å². The minimum Gasteiger partial charge on any atom is -0.482 e. The van der Waals surface area contributed by atoms with Crippen LogP contribution in [0.15, 0.2) is 18.2 Å². The van der Waals surface area contributed by atoms with Crippen molar-refractivity contribution in [3.8, 4) is 5.75 Å². The van der Waals surface area contributed by atoms with Crippen LogP contribution in [-0.4, -0.2) is 48.2 Å². The van der Waals surface area contributed by atoms with Crippen LogP contribution < -0.4 is 9.64 Å². The molecule has 0 N–H and O–H groups in total. The standard InChI is InChI=1S/C19H24N2O4/c1-12-6-8-20(9-7-12)19(24)13(2)21-16-10-15(14(3)22)4-5-17(16)25-11-18(21)23/h4-5,10,12-13H,6-9,11H2,1-3H3. The van der Waals surface area contributed by atoms with Crippen molar-refractivity contribution in [2.24, 2.45) is 5.92 Å². The van der Waals surface area contributed by atoms with Crippen molar-refractivity contribution in [1.29, 1.82) is 0 Å². The first-order valence-electron chi connectivity index (χ1n) is 8.77. The molecule has 0 radical (unpaired) electrons. The van der Waals surface area contributed by atoms with Crippen LogP contribution in [0.5, 0.6) is 5.75 Å². The van der Waals surface area contributed by atoms with E-state index in [2.05, 4.69) is 6.92 Å². The molecule has 6 nitrogen and oxygen atoms in total. The molecule has 0 spiro atoms. The lowest BCUT2D eigenvalue weighted by Crippen LogP contribution is -2.53. The fourth-order valence-electron chi connectivity index (χ4n) is 3.42. The molecule has 0 bridgehead atoms. The van der Waals surface area contributed by atoms with E-state index in [1.165, 1.54) is 11.8 Å². The van der Waals surface area contributed by atoms with Gasteiger partial charge in [-0.25, -0.2) is 0 Å². The molecule has 2 aliphatic rings. The fraction of sp³-hybridized carbons (Fsp3) is 0.526. The summed E-state index contributed by atoms with van der Waals surface area (Å²) in [4.78, 5) is 40.4. The largest absolute Gasteiger partial charge is 0.482 e. The van der Waals surface area contributed by atoms with E-state index in [1.54, 1.807) is 25.1 Å². The normalized spacial score (nSPS) is 19.2. The molecule has 1 saturated heterocycles. The van der Waals surface area contributed by atoms with Gasteiger partial charge >= 0.3 is 0 Å². The van der Waals surface area contributed by atoms with Crippen molar-refractivity contribution < 1.29 is 19.1 Å². The number of ether oxygens (including phenoxy) is 1. The Hall–Kier alpha value is -2.37. The van der Waals surface area contributed by atoms with Crippen molar-refractivity contribution in [2.75, 3.05) is 24.6 Å². The topological polar surface area (TPSA) is 66.9 Å². The van der Waals surface area contributed by atoms with Crippen molar-refractivity contribution in [2.45, 2.75) is 39.7 Å². The summed E-state index contributed by atoms with van der Waals surface area (Å²) in [6, 6.07) is 4.38. The Morgan fingerprint density at radius 3 is 2.56 bits per heavy atom. The highest BCUT2D eigenvalue weighted by atomic mass is 16.5. The van der Waals surface area contributed by atoms with Gasteiger partial charge in [-0.15, -0.1) is 0 Å². The Kier molecular flexibility index (Phi) is 4.79. The van der Waals surface area contributed by atoms with E-state index in [0.717, 1.165) is 25.9 Å². The van der Waals surface area contributed by atoms with Crippen LogP contribution >= 0.6 is 0 Å². The second-order valence-electron chi connectivity index (χ2n) is 6.97. The van der Waals surface area contributed by atoms with Gasteiger partial charge < -0.3 is 9.64 Å². The Balaban J connectivity index is 1.88. The molecule has 25 heavy (non-hydrogen) atoms. The zero-order valence-electron chi connectivity index (χ0n) is 14.9. The first-order valence-corrected chi connectivity index (χ1v) is 8.77. The molecule has 2 heterocycles. The van der Waals surface area contributed by atoms with Crippen LogP contribution in [0.1, 0.15) is 44.0 Å². The number of benzene rings is 1. The summed E-state index contributed by atoms with van der Waals surface area (Å²) >= 11 is 0. The van der Waals surface area contributed by atoms with E-state index >= 15 is 0 Å². The summed E-state index contributed by atoms with van der Waals surface area (Å²) < 4.78 is 5.46. The van der Waals surface area contributed by atoms with Gasteiger partial charge in [0.25, 0.3) is 5.91 Å². The molecule has 6 heteroatoms. The minimum atomic E-state index is -0.620. The predicted octanol–water partition coefficient (Wildman–Crippen LogP) is 2.26. The zero-order valence-corrected chi connectivity index (χ0v) is 14.9. The summed E-state index contributed by atoms with van der Waals surface area (Å²) in [7, 11) is 0. The first kappa shape index (κ1) is 17.5. The van der Waals surface area contributed by atoms with Crippen molar-refractivity contribution in [3.63, 3.8) is 0 Å². The van der Waals surface area contributed by atoms with Gasteiger partial charge in [-0.3, -0.25) is 19.3 Å². The number of hydrogen-bond donors (Lipinski definition) is 0. The average molecular weight is 344 g/mol. The molecule has 1 unspecified atom stereocenters. The number of hydrogen-bond acceptors (Lipinski definition) is 4. The van der Waals surface area contributed by atoms with Crippen LogP contribution in [0.2, 0.25) is 0 Å². The molecule has 0 aromatic heterocycles. The van der Waals surface area contributed by atoms with Crippen LogP contribution in [-0.2, 0) is 9.59 Å². The summed E-state index contributed by atoms with van der Waals surface area (Å²) in [6.07, 6.45) is 1.97. The zero-order chi connectivity index (χ0) is 18.1. The van der Waals surface area contributed by atoms with Crippen molar-refractivity contribution in [1.82, 2.24) is 4.90 Å². The lowest BCUT2D eigenvalue weighted by Gasteiger charge is -2.38. The molecule has 1 aromatic carbocycles. The third-order valence-corrected chi connectivity index (χ3v) is 5.08. The summed E-state index contributed by atoms with van der Waals surface area (Å²) in [5.74, 6) is 0.741. The number of carbonyl (C=O) groups excluding carboxylic acids is 3. The van der Waals surface area contributed by atoms with Crippen LogP contribution in [0.4, 0.5) is 5.69 Å². The molecular formula is C19H24N2O4. The maximum absolute atomic E-state index is 12.9. The van der Waals surface area contributed by atoms with E-state index in [9.17, 15) is 14.4 Å². The Bertz CT molecular complexity index is 707. The van der Waals surface area contributed by atoms with E-state index in [4.69, 9.17) is 4.74 Å². The van der Waals surface area contributed by atoms with Gasteiger partial charge in [-0.1, -0.05) is 6.92 Å². The molecule has 2 amide bonds. The van der Waals surface area contributed by atoms with E-state index in [1.807, 2.05) is 4.90 Å². The predicted molar refractivity (Wildman–Crippen MR) is 93.9 cm³/mol. The molecule has 0 saturated carbocycles. The number of amides is 2. The van der Waals surface area contributed by atoms with Crippen LogP contribution in [0, 0.1) is 5.92 Å². The molecule has 1 aromatic rings. The number of carbonyl (C=O) groups is 3. The summed E-state index contributed by atoms with van der Waals surface area (Å²) in [6.45, 7) is 6.76. The summed E-state index contributed by atoms with van der Waals surface area (Å²) in [5, 5.41) is 0. The highest BCUT2D eigenvalue weighted by molar-refractivity contribution is 6.05. The molecule has 3 rings (SSSR count).